The monoisotopic (exact) mass is 222 g/mol. The first-order chi connectivity index (χ1) is 7.66. The van der Waals surface area contributed by atoms with Crippen molar-refractivity contribution in [2.45, 2.75) is 32.7 Å². The average molecular weight is 222 g/mol. The van der Waals surface area contributed by atoms with Crippen molar-refractivity contribution >= 4 is 0 Å². The van der Waals surface area contributed by atoms with Gasteiger partial charge in [-0.15, -0.1) is 0 Å². The van der Waals surface area contributed by atoms with Gasteiger partial charge in [0.2, 0.25) is 0 Å². The molecule has 0 aromatic heterocycles. The Bertz CT molecular complexity index is 247. The van der Waals surface area contributed by atoms with Gasteiger partial charge < -0.3 is 10.2 Å². The fourth-order valence-corrected chi connectivity index (χ4v) is 2.93. The molecule has 0 aromatic rings. The summed E-state index contributed by atoms with van der Waals surface area (Å²) in [5.41, 5.74) is 0. The van der Waals surface area contributed by atoms with Crippen LogP contribution < -0.4 is 5.32 Å². The molecule has 0 aliphatic heterocycles. The molecule has 0 radical (unpaired) electrons. The summed E-state index contributed by atoms with van der Waals surface area (Å²) in [5, 5.41) is 3.62. The first kappa shape index (κ1) is 12.1. The Morgan fingerprint density at radius 1 is 1.31 bits per heavy atom. The highest BCUT2D eigenvalue weighted by Crippen LogP contribution is 2.42. The first-order valence-corrected chi connectivity index (χ1v) is 6.76. The lowest BCUT2D eigenvalue weighted by Crippen LogP contribution is -2.35. The van der Waals surface area contributed by atoms with Crippen molar-refractivity contribution in [2.75, 3.05) is 26.7 Å². The maximum Gasteiger partial charge on any atom is 0.0106 e. The SMILES string of the molecule is CC(C)N(C)CCNCC1CC2C=CC1C2. The predicted octanol–water partition coefficient (Wildman–Crippen LogP) is 2.13. The van der Waals surface area contributed by atoms with Gasteiger partial charge in [-0.05, 0) is 58.0 Å². The van der Waals surface area contributed by atoms with Crippen LogP contribution in [0.1, 0.15) is 26.7 Å². The molecule has 0 heterocycles. The molecule has 3 atom stereocenters. The molecule has 2 rings (SSSR count). The number of rotatable bonds is 6. The molecular formula is C14H26N2. The second kappa shape index (κ2) is 5.33. The van der Waals surface area contributed by atoms with Crippen molar-refractivity contribution in [3.05, 3.63) is 12.2 Å². The third-order valence-electron chi connectivity index (χ3n) is 4.35. The van der Waals surface area contributed by atoms with Crippen molar-refractivity contribution in [2.24, 2.45) is 17.8 Å². The topological polar surface area (TPSA) is 15.3 Å². The van der Waals surface area contributed by atoms with Crippen molar-refractivity contribution in [3.63, 3.8) is 0 Å². The highest BCUT2D eigenvalue weighted by molar-refractivity contribution is 5.10. The van der Waals surface area contributed by atoms with E-state index in [1.165, 1.54) is 19.4 Å². The van der Waals surface area contributed by atoms with E-state index >= 15 is 0 Å². The zero-order valence-electron chi connectivity index (χ0n) is 10.9. The summed E-state index contributed by atoms with van der Waals surface area (Å²) in [7, 11) is 2.20. The highest BCUT2D eigenvalue weighted by atomic mass is 15.1. The second-order valence-electron chi connectivity index (χ2n) is 5.82. The fraction of sp³-hybridized carbons (Fsp3) is 0.857. The minimum atomic E-state index is 0.659. The number of nitrogens with zero attached hydrogens (tertiary/aromatic N) is 1. The molecule has 0 amide bonds. The molecule has 0 spiro atoms. The van der Waals surface area contributed by atoms with Gasteiger partial charge in [-0.3, -0.25) is 0 Å². The van der Waals surface area contributed by atoms with Gasteiger partial charge in [0.25, 0.3) is 0 Å². The third-order valence-corrected chi connectivity index (χ3v) is 4.35. The third kappa shape index (κ3) is 2.86. The van der Waals surface area contributed by atoms with Crippen molar-refractivity contribution in [3.8, 4) is 0 Å². The van der Waals surface area contributed by atoms with Crippen LogP contribution in [0.15, 0.2) is 12.2 Å². The van der Waals surface area contributed by atoms with Crippen molar-refractivity contribution in [1.82, 2.24) is 10.2 Å². The van der Waals surface area contributed by atoms with Crippen LogP contribution in [0.5, 0.6) is 0 Å². The van der Waals surface area contributed by atoms with Crippen molar-refractivity contribution < 1.29 is 0 Å². The summed E-state index contributed by atoms with van der Waals surface area (Å²) in [4.78, 5) is 2.40. The van der Waals surface area contributed by atoms with Crippen LogP contribution in [0.25, 0.3) is 0 Å². The van der Waals surface area contributed by atoms with E-state index in [1.54, 1.807) is 0 Å². The van der Waals surface area contributed by atoms with E-state index in [0.29, 0.717) is 6.04 Å². The minimum Gasteiger partial charge on any atom is -0.315 e. The summed E-state index contributed by atoms with van der Waals surface area (Å²) in [6.45, 7) is 8.01. The Morgan fingerprint density at radius 3 is 2.69 bits per heavy atom. The molecule has 0 aromatic carbocycles. The molecule has 1 saturated carbocycles. The van der Waals surface area contributed by atoms with Gasteiger partial charge in [0, 0.05) is 19.1 Å². The van der Waals surface area contributed by atoms with Crippen LogP contribution in [0.4, 0.5) is 0 Å². The van der Waals surface area contributed by atoms with Crippen LogP contribution in [0.2, 0.25) is 0 Å². The lowest BCUT2D eigenvalue weighted by molar-refractivity contribution is 0.269. The smallest absolute Gasteiger partial charge is 0.0106 e. The number of fused-ring (bicyclic) bond motifs is 2. The lowest BCUT2D eigenvalue weighted by Gasteiger charge is -2.23. The van der Waals surface area contributed by atoms with Crippen LogP contribution in [0, 0.1) is 17.8 Å². The number of allylic oxidation sites excluding steroid dienone is 2. The Kier molecular flexibility index (Phi) is 4.04. The molecule has 0 saturated heterocycles. The average Bonchev–Trinajstić information content (AvgIpc) is 2.85. The zero-order valence-corrected chi connectivity index (χ0v) is 10.9. The summed E-state index contributed by atoms with van der Waals surface area (Å²) in [6.07, 6.45) is 7.72. The van der Waals surface area contributed by atoms with Crippen molar-refractivity contribution in [1.29, 1.82) is 0 Å². The maximum atomic E-state index is 3.62. The van der Waals surface area contributed by atoms with Gasteiger partial charge in [0.15, 0.2) is 0 Å². The molecule has 2 aliphatic rings. The minimum absolute atomic E-state index is 0.659. The quantitative estimate of drug-likeness (QED) is 0.547. The standard InChI is InChI=1S/C14H26N2/c1-11(2)16(3)7-6-15-10-14-9-12-4-5-13(14)8-12/h4-5,11-15H,6-10H2,1-3H3. The second-order valence-corrected chi connectivity index (χ2v) is 5.82. The number of nitrogens with one attached hydrogen (secondary N) is 1. The molecule has 2 aliphatic carbocycles. The molecule has 2 bridgehead atoms. The highest BCUT2D eigenvalue weighted by Gasteiger charge is 2.34. The van der Waals surface area contributed by atoms with Gasteiger partial charge >= 0.3 is 0 Å². The van der Waals surface area contributed by atoms with Crippen LogP contribution >= 0.6 is 0 Å². The molecule has 2 nitrogen and oxygen atoms in total. The fourth-order valence-electron chi connectivity index (χ4n) is 2.93. The Morgan fingerprint density at radius 2 is 2.12 bits per heavy atom. The van der Waals surface area contributed by atoms with Gasteiger partial charge in [-0.1, -0.05) is 12.2 Å². The summed E-state index contributed by atoms with van der Waals surface area (Å²) in [5.74, 6) is 2.72. The van der Waals surface area contributed by atoms with E-state index < -0.39 is 0 Å². The Labute approximate surface area is 100 Å². The maximum absolute atomic E-state index is 3.62. The van der Waals surface area contributed by atoms with E-state index in [-0.39, 0.29) is 0 Å². The van der Waals surface area contributed by atoms with Gasteiger partial charge in [0.1, 0.15) is 0 Å². The van der Waals surface area contributed by atoms with Crippen LogP contribution in [-0.2, 0) is 0 Å². The molecule has 1 fully saturated rings. The van der Waals surface area contributed by atoms with E-state index in [0.717, 1.165) is 30.8 Å². The van der Waals surface area contributed by atoms with Gasteiger partial charge in [0.05, 0.1) is 0 Å². The first-order valence-electron chi connectivity index (χ1n) is 6.76. The molecule has 3 unspecified atom stereocenters. The summed E-state index contributed by atoms with van der Waals surface area (Å²) >= 11 is 0. The molecule has 1 N–H and O–H groups in total. The Hall–Kier alpha value is -0.340. The summed E-state index contributed by atoms with van der Waals surface area (Å²) < 4.78 is 0. The molecule has 16 heavy (non-hydrogen) atoms. The number of likely N-dealkylation sites (N-methyl/N-ethyl adjacent to an activating group) is 1. The normalized spacial score (nSPS) is 32.2. The number of hydrogen-bond donors (Lipinski definition) is 1. The lowest BCUT2D eigenvalue weighted by atomic mass is 9.94. The predicted molar refractivity (Wildman–Crippen MR) is 69.5 cm³/mol. The summed E-state index contributed by atoms with van der Waals surface area (Å²) in [6, 6.07) is 0.659. The molecule has 92 valence electrons. The molecule has 2 heteroatoms. The Balaban J connectivity index is 1.57. The van der Waals surface area contributed by atoms with Crippen LogP contribution in [0.3, 0.4) is 0 Å². The van der Waals surface area contributed by atoms with E-state index in [1.807, 2.05) is 0 Å². The number of hydrogen-bond acceptors (Lipinski definition) is 2. The van der Waals surface area contributed by atoms with E-state index in [4.69, 9.17) is 0 Å². The van der Waals surface area contributed by atoms with Gasteiger partial charge in [-0.2, -0.15) is 0 Å². The van der Waals surface area contributed by atoms with Gasteiger partial charge in [-0.25, -0.2) is 0 Å². The van der Waals surface area contributed by atoms with Crippen LogP contribution in [-0.4, -0.2) is 37.6 Å². The van der Waals surface area contributed by atoms with E-state index in [9.17, 15) is 0 Å². The largest absolute Gasteiger partial charge is 0.315 e. The van der Waals surface area contributed by atoms with E-state index in [2.05, 4.69) is 43.3 Å². The zero-order chi connectivity index (χ0) is 11.5. The molecular weight excluding hydrogens is 196 g/mol.